The van der Waals surface area contributed by atoms with E-state index in [2.05, 4.69) is 19.9 Å². The van der Waals surface area contributed by atoms with E-state index in [9.17, 15) is 4.79 Å². The Morgan fingerprint density at radius 3 is 2.29 bits per heavy atom. The van der Waals surface area contributed by atoms with Crippen LogP contribution in [0.15, 0.2) is 11.6 Å². The molecule has 2 nitrogen and oxygen atoms in total. The van der Waals surface area contributed by atoms with Crippen LogP contribution in [0.4, 0.5) is 0 Å². The summed E-state index contributed by atoms with van der Waals surface area (Å²) >= 11 is 0. The van der Waals surface area contributed by atoms with Crippen LogP contribution in [0.1, 0.15) is 53.9 Å². The lowest BCUT2D eigenvalue weighted by molar-refractivity contribution is -0.156. The molecule has 0 spiro atoms. The number of esters is 1. The number of hydrogen-bond donors (Lipinski definition) is 0. The number of allylic oxidation sites excluding steroid dienone is 2. The number of ether oxygens (including phenoxy) is 1. The largest absolute Gasteiger partial charge is 0.460 e. The van der Waals surface area contributed by atoms with E-state index in [1.807, 2.05) is 13.8 Å². The Hall–Kier alpha value is -0.790. The maximum atomic E-state index is 10.9. The van der Waals surface area contributed by atoms with Gasteiger partial charge < -0.3 is 4.74 Å². The topological polar surface area (TPSA) is 26.3 Å². The zero-order valence-electron chi connectivity index (χ0n) is 10.0. The SMILES string of the molecule is CCC(C)(CCC=C(C)C)OC(C)=O. The molecule has 0 aromatic carbocycles. The van der Waals surface area contributed by atoms with Crippen molar-refractivity contribution in [1.29, 1.82) is 0 Å². The van der Waals surface area contributed by atoms with Gasteiger partial charge in [-0.15, -0.1) is 0 Å². The molecule has 0 aromatic heterocycles. The van der Waals surface area contributed by atoms with Crippen LogP contribution in [0.3, 0.4) is 0 Å². The van der Waals surface area contributed by atoms with Gasteiger partial charge in [-0.3, -0.25) is 4.79 Å². The molecular weight excluding hydrogens is 176 g/mol. The Kier molecular flexibility index (Phi) is 5.51. The van der Waals surface area contributed by atoms with Gasteiger partial charge in [0.1, 0.15) is 5.60 Å². The molecule has 0 aliphatic heterocycles. The zero-order chi connectivity index (χ0) is 11.2. The molecule has 1 atom stereocenters. The van der Waals surface area contributed by atoms with Gasteiger partial charge in [-0.1, -0.05) is 18.6 Å². The third kappa shape index (κ3) is 5.79. The lowest BCUT2D eigenvalue weighted by Gasteiger charge is -2.27. The van der Waals surface area contributed by atoms with Crippen molar-refractivity contribution in [3.05, 3.63) is 11.6 Å². The van der Waals surface area contributed by atoms with Crippen molar-refractivity contribution in [1.82, 2.24) is 0 Å². The fourth-order valence-electron chi connectivity index (χ4n) is 1.31. The first-order valence-electron chi connectivity index (χ1n) is 5.22. The Morgan fingerprint density at radius 1 is 1.36 bits per heavy atom. The number of hydrogen-bond acceptors (Lipinski definition) is 2. The average molecular weight is 198 g/mol. The molecule has 0 rings (SSSR count). The average Bonchev–Trinajstić information content (AvgIpc) is 2.02. The second-order valence-electron chi connectivity index (χ2n) is 4.22. The van der Waals surface area contributed by atoms with E-state index in [1.165, 1.54) is 12.5 Å². The van der Waals surface area contributed by atoms with Gasteiger partial charge in [-0.05, 0) is 40.0 Å². The molecule has 0 radical (unpaired) electrons. The van der Waals surface area contributed by atoms with Crippen molar-refractivity contribution >= 4 is 5.97 Å². The van der Waals surface area contributed by atoms with Gasteiger partial charge >= 0.3 is 5.97 Å². The lowest BCUT2D eigenvalue weighted by Crippen LogP contribution is -2.29. The molecule has 0 aliphatic rings. The second-order valence-corrected chi connectivity index (χ2v) is 4.22. The minimum atomic E-state index is -0.294. The van der Waals surface area contributed by atoms with Crippen molar-refractivity contribution in [2.24, 2.45) is 0 Å². The summed E-state index contributed by atoms with van der Waals surface area (Å²) in [6.45, 7) is 9.66. The van der Waals surface area contributed by atoms with Gasteiger partial charge in [-0.25, -0.2) is 0 Å². The molecule has 2 heteroatoms. The van der Waals surface area contributed by atoms with Crippen LogP contribution in [-0.4, -0.2) is 11.6 Å². The normalized spacial score (nSPS) is 14.4. The van der Waals surface area contributed by atoms with Gasteiger partial charge in [-0.2, -0.15) is 0 Å². The zero-order valence-corrected chi connectivity index (χ0v) is 10.0. The maximum absolute atomic E-state index is 10.9. The Bertz CT molecular complexity index is 214. The van der Waals surface area contributed by atoms with E-state index in [4.69, 9.17) is 4.74 Å². The number of rotatable bonds is 5. The molecule has 0 aromatic rings. The summed E-state index contributed by atoms with van der Waals surface area (Å²) in [5.74, 6) is -0.188. The van der Waals surface area contributed by atoms with E-state index >= 15 is 0 Å². The highest BCUT2D eigenvalue weighted by atomic mass is 16.6. The van der Waals surface area contributed by atoms with Gasteiger partial charge in [0, 0.05) is 6.92 Å². The quantitative estimate of drug-likeness (QED) is 0.499. The highest BCUT2D eigenvalue weighted by Crippen LogP contribution is 2.22. The van der Waals surface area contributed by atoms with Crippen LogP contribution in [-0.2, 0) is 9.53 Å². The minimum Gasteiger partial charge on any atom is -0.460 e. The molecule has 0 N–H and O–H groups in total. The fourth-order valence-corrected chi connectivity index (χ4v) is 1.31. The first-order valence-corrected chi connectivity index (χ1v) is 5.22. The van der Waals surface area contributed by atoms with Crippen molar-refractivity contribution in [2.75, 3.05) is 0 Å². The second kappa shape index (κ2) is 5.84. The summed E-state index contributed by atoms with van der Waals surface area (Å²) in [6.07, 6.45) is 4.91. The van der Waals surface area contributed by atoms with Crippen LogP contribution in [0.2, 0.25) is 0 Å². The summed E-state index contributed by atoms with van der Waals surface area (Å²) in [4.78, 5) is 10.9. The molecule has 0 amide bonds. The van der Waals surface area contributed by atoms with Crippen LogP contribution >= 0.6 is 0 Å². The molecule has 82 valence electrons. The predicted octanol–water partition coefficient (Wildman–Crippen LogP) is 3.46. The van der Waals surface area contributed by atoms with E-state index in [1.54, 1.807) is 0 Å². The smallest absolute Gasteiger partial charge is 0.303 e. The summed E-state index contributed by atoms with van der Waals surface area (Å²) in [7, 11) is 0. The number of carbonyl (C=O) groups excluding carboxylic acids is 1. The third-order valence-corrected chi connectivity index (χ3v) is 2.36. The van der Waals surface area contributed by atoms with Crippen molar-refractivity contribution in [3.8, 4) is 0 Å². The van der Waals surface area contributed by atoms with Crippen LogP contribution in [0.5, 0.6) is 0 Å². The van der Waals surface area contributed by atoms with Gasteiger partial charge in [0.15, 0.2) is 0 Å². The Morgan fingerprint density at radius 2 is 1.93 bits per heavy atom. The van der Waals surface area contributed by atoms with Crippen LogP contribution in [0.25, 0.3) is 0 Å². The molecule has 0 heterocycles. The molecule has 14 heavy (non-hydrogen) atoms. The van der Waals surface area contributed by atoms with E-state index in [0.717, 1.165) is 19.3 Å². The first-order chi connectivity index (χ1) is 6.39. The highest BCUT2D eigenvalue weighted by molar-refractivity contribution is 5.66. The van der Waals surface area contributed by atoms with Gasteiger partial charge in [0.2, 0.25) is 0 Å². The summed E-state index contributed by atoms with van der Waals surface area (Å²) in [5.41, 5.74) is 1.02. The predicted molar refractivity (Wildman–Crippen MR) is 59.1 cm³/mol. The van der Waals surface area contributed by atoms with E-state index in [0.29, 0.717) is 0 Å². The number of carbonyl (C=O) groups is 1. The monoisotopic (exact) mass is 198 g/mol. The first kappa shape index (κ1) is 13.2. The molecular formula is C12H22O2. The van der Waals surface area contributed by atoms with E-state index < -0.39 is 0 Å². The summed E-state index contributed by atoms with van der Waals surface area (Å²) < 4.78 is 5.30. The van der Waals surface area contributed by atoms with Crippen LogP contribution < -0.4 is 0 Å². The third-order valence-electron chi connectivity index (χ3n) is 2.36. The van der Waals surface area contributed by atoms with Crippen molar-refractivity contribution < 1.29 is 9.53 Å². The molecule has 0 aliphatic carbocycles. The fraction of sp³-hybridized carbons (Fsp3) is 0.750. The van der Waals surface area contributed by atoms with Crippen molar-refractivity contribution in [3.63, 3.8) is 0 Å². The summed E-state index contributed by atoms with van der Waals surface area (Å²) in [6, 6.07) is 0. The molecule has 1 unspecified atom stereocenters. The molecule has 0 bridgehead atoms. The summed E-state index contributed by atoms with van der Waals surface area (Å²) in [5, 5.41) is 0. The van der Waals surface area contributed by atoms with E-state index in [-0.39, 0.29) is 11.6 Å². The van der Waals surface area contributed by atoms with Gasteiger partial charge in [0.05, 0.1) is 0 Å². The van der Waals surface area contributed by atoms with Crippen molar-refractivity contribution in [2.45, 2.75) is 59.5 Å². The Balaban J connectivity index is 4.12. The van der Waals surface area contributed by atoms with Gasteiger partial charge in [0.25, 0.3) is 0 Å². The highest BCUT2D eigenvalue weighted by Gasteiger charge is 2.24. The standard InChI is InChI=1S/C12H22O2/c1-6-12(5,14-11(4)13)9-7-8-10(2)3/h8H,6-7,9H2,1-5H3. The van der Waals surface area contributed by atoms with Crippen LogP contribution in [0, 0.1) is 0 Å². The minimum absolute atomic E-state index is 0.188. The lowest BCUT2D eigenvalue weighted by atomic mass is 9.96. The molecule has 0 saturated heterocycles. The molecule has 0 fully saturated rings. The Labute approximate surface area is 87.3 Å². The molecule has 0 saturated carbocycles. The maximum Gasteiger partial charge on any atom is 0.303 e.